The lowest BCUT2D eigenvalue weighted by atomic mass is 10.2. The number of aryl methyl sites for hydroxylation is 1. The number of hydrogen-bond donors (Lipinski definition) is 2. The van der Waals surface area contributed by atoms with Crippen molar-refractivity contribution in [2.45, 2.75) is 25.0 Å². The Morgan fingerprint density at radius 3 is 2.71 bits per heavy atom. The third-order valence-corrected chi connectivity index (χ3v) is 4.21. The van der Waals surface area contributed by atoms with Gasteiger partial charge in [0, 0.05) is 13.2 Å². The predicted octanol–water partition coefficient (Wildman–Crippen LogP) is 1.60. The molecule has 2 N–H and O–H groups in total. The molecule has 0 fully saturated rings. The van der Waals surface area contributed by atoms with Crippen LogP contribution in [0.2, 0.25) is 0 Å². The van der Waals surface area contributed by atoms with Gasteiger partial charge in [0.1, 0.15) is 5.82 Å². The summed E-state index contributed by atoms with van der Waals surface area (Å²) in [6.45, 7) is 3.07. The summed E-state index contributed by atoms with van der Waals surface area (Å²) < 4.78 is 31.8. The van der Waals surface area contributed by atoms with E-state index in [2.05, 4.69) is 14.7 Å². The van der Waals surface area contributed by atoms with E-state index in [9.17, 15) is 8.42 Å². The highest BCUT2D eigenvalue weighted by Crippen LogP contribution is 2.04. The first-order chi connectivity index (χ1) is 10.1. The third kappa shape index (κ3) is 4.96. The number of aromatic amines is 1. The molecular formula is C14H19N3O3S. The first-order valence-electron chi connectivity index (χ1n) is 6.71. The molecule has 1 heterocycles. The summed E-state index contributed by atoms with van der Waals surface area (Å²) >= 11 is 0. The molecule has 0 atom stereocenters. The molecule has 0 aliphatic heterocycles. The zero-order valence-corrected chi connectivity index (χ0v) is 12.7. The van der Waals surface area contributed by atoms with Crippen LogP contribution in [0.5, 0.6) is 0 Å². The molecule has 114 valence electrons. The lowest BCUT2D eigenvalue weighted by Crippen LogP contribution is -2.25. The summed E-state index contributed by atoms with van der Waals surface area (Å²) in [6, 6.07) is 9.85. The molecule has 0 saturated heterocycles. The second-order valence-corrected chi connectivity index (χ2v) is 6.36. The van der Waals surface area contributed by atoms with Crippen LogP contribution in [0.4, 0.5) is 0 Å². The van der Waals surface area contributed by atoms with Crippen LogP contribution >= 0.6 is 0 Å². The Morgan fingerprint density at radius 1 is 1.29 bits per heavy atom. The van der Waals surface area contributed by atoms with Crippen molar-refractivity contribution in [1.82, 2.24) is 14.7 Å². The minimum absolute atomic E-state index is 0.0882. The van der Waals surface area contributed by atoms with Crippen LogP contribution in [0.1, 0.15) is 17.8 Å². The average Bonchev–Trinajstić information content (AvgIpc) is 2.91. The molecule has 0 radical (unpaired) electrons. The molecule has 0 spiro atoms. The first kappa shape index (κ1) is 15.7. The number of ether oxygens (including phenoxy) is 1. The molecule has 1 aromatic carbocycles. The maximum Gasteiger partial charge on any atom is 0.257 e. The van der Waals surface area contributed by atoms with Crippen LogP contribution in [0, 0.1) is 6.92 Å². The molecule has 0 amide bonds. The van der Waals surface area contributed by atoms with Crippen LogP contribution in [0.3, 0.4) is 0 Å². The van der Waals surface area contributed by atoms with Gasteiger partial charge in [0.2, 0.25) is 0 Å². The van der Waals surface area contributed by atoms with Crippen molar-refractivity contribution in [3.63, 3.8) is 0 Å². The van der Waals surface area contributed by atoms with Crippen molar-refractivity contribution < 1.29 is 13.2 Å². The highest BCUT2D eigenvalue weighted by atomic mass is 32.2. The molecule has 2 aromatic rings. The van der Waals surface area contributed by atoms with Crippen LogP contribution in [-0.4, -0.2) is 31.5 Å². The highest BCUT2D eigenvalue weighted by Gasteiger charge is 2.15. The number of sulfonamides is 1. The van der Waals surface area contributed by atoms with Crippen LogP contribution in [0.15, 0.2) is 41.6 Å². The Kier molecular flexibility index (Phi) is 5.49. The topological polar surface area (TPSA) is 84.1 Å². The molecule has 2 rings (SSSR count). The van der Waals surface area contributed by atoms with E-state index in [4.69, 9.17) is 4.74 Å². The number of hydrogen-bond acceptors (Lipinski definition) is 4. The van der Waals surface area contributed by atoms with E-state index in [-0.39, 0.29) is 5.03 Å². The largest absolute Gasteiger partial charge is 0.377 e. The van der Waals surface area contributed by atoms with Gasteiger partial charge in [-0.15, -0.1) is 0 Å². The van der Waals surface area contributed by atoms with E-state index >= 15 is 0 Å². The van der Waals surface area contributed by atoms with Gasteiger partial charge >= 0.3 is 0 Å². The first-order valence-corrected chi connectivity index (χ1v) is 8.19. The maximum atomic E-state index is 11.9. The quantitative estimate of drug-likeness (QED) is 0.726. The van der Waals surface area contributed by atoms with Gasteiger partial charge in [-0.05, 0) is 18.9 Å². The molecule has 6 nitrogen and oxygen atoms in total. The molecule has 0 aliphatic rings. The van der Waals surface area contributed by atoms with Crippen molar-refractivity contribution in [2.75, 3.05) is 13.2 Å². The normalized spacial score (nSPS) is 11.7. The summed E-state index contributed by atoms with van der Waals surface area (Å²) in [4.78, 5) is 6.57. The number of H-pyrrole nitrogens is 1. The molecule has 0 aliphatic carbocycles. The van der Waals surface area contributed by atoms with Gasteiger partial charge in [-0.3, -0.25) is 0 Å². The summed E-state index contributed by atoms with van der Waals surface area (Å²) in [5.74, 6) is 0.571. The zero-order valence-electron chi connectivity index (χ0n) is 11.9. The summed E-state index contributed by atoms with van der Waals surface area (Å²) in [5, 5.41) is 0.0882. The summed E-state index contributed by atoms with van der Waals surface area (Å²) in [5.41, 5.74) is 1.10. The monoisotopic (exact) mass is 309 g/mol. The molecule has 21 heavy (non-hydrogen) atoms. The van der Waals surface area contributed by atoms with Gasteiger partial charge in [0.05, 0.1) is 12.8 Å². The van der Waals surface area contributed by atoms with Gasteiger partial charge in [0.25, 0.3) is 10.0 Å². The van der Waals surface area contributed by atoms with E-state index < -0.39 is 10.0 Å². The maximum absolute atomic E-state index is 11.9. The van der Waals surface area contributed by atoms with E-state index in [1.54, 1.807) is 6.92 Å². The second kappa shape index (κ2) is 7.35. The van der Waals surface area contributed by atoms with Crippen molar-refractivity contribution in [1.29, 1.82) is 0 Å². The molecule has 0 bridgehead atoms. The summed E-state index contributed by atoms with van der Waals surface area (Å²) in [7, 11) is -3.50. The van der Waals surface area contributed by atoms with Crippen molar-refractivity contribution in [3.8, 4) is 0 Å². The molecule has 7 heteroatoms. The Hall–Kier alpha value is -1.70. The number of benzene rings is 1. The number of nitrogens with one attached hydrogen (secondary N) is 2. The van der Waals surface area contributed by atoms with Gasteiger partial charge in [0.15, 0.2) is 5.03 Å². The Labute approximate surface area is 124 Å². The fourth-order valence-electron chi connectivity index (χ4n) is 1.76. The van der Waals surface area contributed by atoms with E-state index in [1.807, 2.05) is 30.3 Å². The molecule has 1 aromatic heterocycles. The Balaban J connectivity index is 1.66. The second-order valence-electron chi connectivity index (χ2n) is 4.62. The van der Waals surface area contributed by atoms with Crippen molar-refractivity contribution in [2.24, 2.45) is 0 Å². The lowest BCUT2D eigenvalue weighted by Gasteiger charge is -2.06. The van der Waals surface area contributed by atoms with Gasteiger partial charge in [-0.2, -0.15) is 0 Å². The van der Waals surface area contributed by atoms with Crippen molar-refractivity contribution in [3.05, 3.63) is 47.9 Å². The molecule has 0 saturated carbocycles. The number of rotatable bonds is 8. The molecule has 0 unspecified atom stereocenters. The summed E-state index contributed by atoms with van der Waals surface area (Å²) in [6.07, 6.45) is 1.92. The smallest absolute Gasteiger partial charge is 0.257 e. The van der Waals surface area contributed by atoms with E-state index in [1.165, 1.54) is 6.20 Å². The average molecular weight is 309 g/mol. The minimum Gasteiger partial charge on any atom is -0.377 e. The van der Waals surface area contributed by atoms with Crippen molar-refractivity contribution >= 4 is 10.0 Å². The zero-order chi connectivity index (χ0) is 15.1. The lowest BCUT2D eigenvalue weighted by molar-refractivity contribution is 0.119. The standard InChI is InChI=1S/C14H19N3O3S/c1-12-15-10-14(17-12)21(18,19)16-8-5-9-20-11-13-6-3-2-4-7-13/h2-4,6-7,10,16H,5,8-9,11H2,1H3,(H,15,17). The van der Waals surface area contributed by atoms with E-state index in [0.29, 0.717) is 32.0 Å². The fraction of sp³-hybridized carbons (Fsp3) is 0.357. The Bertz CT molecular complexity index is 653. The third-order valence-electron chi connectivity index (χ3n) is 2.84. The Morgan fingerprint density at radius 2 is 2.05 bits per heavy atom. The highest BCUT2D eigenvalue weighted by molar-refractivity contribution is 7.89. The SMILES string of the molecule is Cc1ncc(S(=O)(=O)NCCCOCc2ccccc2)[nH]1. The van der Waals surface area contributed by atoms with Gasteiger partial charge in [-0.1, -0.05) is 30.3 Å². The van der Waals surface area contributed by atoms with Crippen LogP contribution in [0.25, 0.3) is 0 Å². The van der Waals surface area contributed by atoms with Gasteiger partial charge < -0.3 is 9.72 Å². The minimum atomic E-state index is -3.50. The number of imidazole rings is 1. The number of aromatic nitrogens is 2. The van der Waals surface area contributed by atoms with E-state index in [0.717, 1.165) is 5.56 Å². The van der Waals surface area contributed by atoms with Crippen LogP contribution in [-0.2, 0) is 21.4 Å². The molecular weight excluding hydrogens is 290 g/mol. The number of nitrogens with zero attached hydrogens (tertiary/aromatic N) is 1. The van der Waals surface area contributed by atoms with Gasteiger partial charge in [-0.25, -0.2) is 18.1 Å². The van der Waals surface area contributed by atoms with Crippen LogP contribution < -0.4 is 4.72 Å². The fourth-order valence-corrected chi connectivity index (χ4v) is 2.80. The predicted molar refractivity (Wildman–Crippen MR) is 79.2 cm³/mol.